The number of hydrogen-bond donors (Lipinski definition) is 1. The van der Waals surface area contributed by atoms with E-state index >= 15 is 0 Å². The molecular weight excluding hydrogens is 244 g/mol. The largest absolute Gasteiger partial charge is 0.383 e. The molecule has 0 fully saturated rings. The van der Waals surface area contributed by atoms with E-state index in [1.54, 1.807) is 11.3 Å². The van der Waals surface area contributed by atoms with E-state index in [1.807, 2.05) is 6.20 Å². The zero-order valence-corrected chi connectivity index (χ0v) is 11.0. The van der Waals surface area contributed by atoms with Crippen molar-refractivity contribution in [3.63, 3.8) is 0 Å². The molecule has 0 aliphatic carbocycles. The van der Waals surface area contributed by atoms with Crippen molar-refractivity contribution in [2.24, 2.45) is 0 Å². The molecule has 0 saturated heterocycles. The Kier molecular flexibility index (Phi) is 3.57. The Bertz CT molecular complexity index is 562. The maximum Gasteiger partial charge on any atom is 0.0830 e. The second kappa shape index (κ2) is 5.50. The number of anilines is 1. The lowest BCUT2D eigenvalue weighted by atomic mass is 10.1. The Balaban J connectivity index is 1.62. The summed E-state index contributed by atoms with van der Waals surface area (Å²) in [6, 6.07) is 4.11. The predicted octanol–water partition coefficient (Wildman–Crippen LogP) is 3.45. The predicted molar refractivity (Wildman–Crippen MR) is 76.2 cm³/mol. The number of nitrogens with one attached hydrogen (secondary N) is 1. The number of nitrogens with zero attached hydrogens (tertiary/aromatic N) is 1. The zero-order valence-electron chi connectivity index (χ0n) is 10.2. The molecule has 18 heavy (non-hydrogen) atoms. The van der Waals surface area contributed by atoms with Gasteiger partial charge in [-0.2, -0.15) is 0 Å². The van der Waals surface area contributed by atoms with Crippen molar-refractivity contribution >= 4 is 27.2 Å². The summed E-state index contributed by atoms with van der Waals surface area (Å²) in [6.07, 6.45) is 6.24. The van der Waals surface area contributed by atoms with Crippen LogP contribution in [-0.4, -0.2) is 24.7 Å². The fourth-order valence-electron chi connectivity index (χ4n) is 2.16. The molecule has 1 aliphatic heterocycles. The first-order chi connectivity index (χ1) is 8.93. The molecular formula is C14H16N2OS. The third kappa shape index (κ3) is 2.54. The van der Waals surface area contributed by atoms with Gasteiger partial charge < -0.3 is 10.1 Å². The van der Waals surface area contributed by atoms with Gasteiger partial charge in [-0.3, -0.25) is 4.98 Å². The molecule has 3 rings (SSSR count). The Hall–Kier alpha value is -1.39. The van der Waals surface area contributed by atoms with E-state index in [0.29, 0.717) is 0 Å². The van der Waals surface area contributed by atoms with Crippen LogP contribution in [0.15, 0.2) is 35.4 Å². The minimum Gasteiger partial charge on any atom is -0.383 e. The summed E-state index contributed by atoms with van der Waals surface area (Å²) < 4.78 is 6.56. The molecule has 0 bridgehead atoms. The van der Waals surface area contributed by atoms with Crippen molar-refractivity contribution in [1.29, 1.82) is 0 Å². The number of thiophene rings is 1. The van der Waals surface area contributed by atoms with E-state index in [0.717, 1.165) is 38.1 Å². The van der Waals surface area contributed by atoms with E-state index < -0.39 is 0 Å². The first-order valence-corrected chi connectivity index (χ1v) is 7.13. The van der Waals surface area contributed by atoms with Crippen molar-refractivity contribution in [1.82, 2.24) is 4.98 Å². The van der Waals surface area contributed by atoms with Gasteiger partial charge in [-0.1, -0.05) is 11.6 Å². The van der Waals surface area contributed by atoms with Crippen LogP contribution in [0.25, 0.3) is 10.2 Å². The second-order valence-electron chi connectivity index (χ2n) is 4.36. The summed E-state index contributed by atoms with van der Waals surface area (Å²) in [6.45, 7) is 2.62. The summed E-state index contributed by atoms with van der Waals surface area (Å²) in [5.41, 5.74) is 3.78. The molecule has 1 aliphatic rings. The number of fused-ring (bicyclic) bond motifs is 1. The number of pyridine rings is 1. The molecule has 3 nitrogen and oxygen atoms in total. The summed E-state index contributed by atoms with van der Waals surface area (Å²) in [7, 11) is 0. The molecule has 0 aromatic carbocycles. The molecule has 0 atom stereocenters. The van der Waals surface area contributed by atoms with Crippen LogP contribution < -0.4 is 5.32 Å². The van der Waals surface area contributed by atoms with Crippen LogP contribution in [0.2, 0.25) is 0 Å². The van der Waals surface area contributed by atoms with Crippen molar-refractivity contribution in [3.8, 4) is 0 Å². The normalized spacial score (nSPS) is 15.7. The molecule has 3 heterocycles. The van der Waals surface area contributed by atoms with Crippen LogP contribution in [-0.2, 0) is 4.74 Å². The molecule has 0 radical (unpaired) electrons. The highest BCUT2D eigenvalue weighted by Gasteiger charge is 2.05. The van der Waals surface area contributed by atoms with E-state index in [9.17, 15) is 0 Å². The van der Waals surface area contributed by atoms with Gasteiger partial charge in [-0.15, -0.1) is 11.3 Å². The summed E-state index contributed by atoms with van der Waals surface area (Å²) in [5, 5.41) is 5.60. The fraction of sp³-hybridized carbons (Fsp3) is 0.357. The molecule has 1 N–H and O–H groups in total. The topological polar surface area (TPSA) is 34.2 Å². The SMILES string of the molecule is C1=C(CCNc2ccnc3ccsc23)CCOC1. The fourth-order valence-corrected chi connectivity index (χ4v) is 3.00. The van der Waals surface area contributed by atoms with E-state index in [2.05, 4.69) is 33.9 Å². The van der Waals surface area contributed by atoms with Crippen molar-refractivity contribution in [3.05, 3.63) is 35.4 Å². The first-order valence-electron chi connectivity index (χ1n) is 6.25. The van der Waals surface area contributed by atoms with E-state index in [4.69, 9.17) is 4.74 Å². The van der Waals surface area contributed by atoms with E-state index in [1.165, 1.54) is 16.0 Å². The van der Waals surface area contributed by atoms with Gasteiger partial charge >= 0.3 is 0 Å². The Morgan fingerprint density at radius 3 is 3.28 bits per heavy atom. The van der Waals surface area contributed by atoms with Gasteiger partial charge in [0.25, 0.3) is 0 Å². The summed E-state index contributed by atoms with van der Waals surface area (Å²) in [4.78, 5) is 4.34. The smallest absolute Gasteiger partial charge is 0.0830 e. The average Bonchev–Trinajstić information content (AvgIpc) is 2.89. The first kappa shape index (κ1) is 11.7. The molecule has 0 spiro atoms. The third-order valence-corrected chi connectivity index (χ3v) is 4.10. The van der Waals surface area contributed by atoms with Gasteiger partial charge in [-0.25, -0.2) is 0 Å². The van der Waals surface area contributed by atoms with Gasteiger partial charge in [0.15, 0.2) is 0 Å². The highest BCUT2D eigenvalue weighted by Crippen LogP contribution is 2.26. The Morgan fingerprint density at radius 1 is 1.39 bits per heavy atom. The lowest BCUT2D eigenvalue weighted by Gasteiger charge is -2.14. The number of aromatic nitrogens is 1. The number of rotatable bonds is 4. The molecule has 94 valence electrons. The Morgan fingerprint density at radius 2 is 2.39 bits per heavy atom. The lowest BCUT2D eigenvalue weighted by molar-refractivity contribution is 0.153. The molecule has 0 amide bonds. The van der Waals surface area contributed by atoms with Crippen LogP contribution in [0.4, 0.5) is 5.69 Å². The lowest BCUT2D eigenvalue weighted by Crippen LogP contribution is -2.09. The summed E-state index contributed by atoms with van der Waals surface area (Å²) >= 11 is 1.74. The van der Waals surface area contributed by atoms with Crippen molar-refractivity contribution in [2.45, 2.75) is 12.8 Å². The molecule has 4 heteroatoms. The van der Waals surface area contributed by atoms with Gasteiger partial charge in [0.05, 0.1) is 29.1 Å². The van der Waals surface area contributed by atoms with Crippen LogP contribution in [0.3, 0.4) is 0 Å². The highest BCUT2D eigenvalue weighted by molar-refractivity contribution is 7.17. The van der Waals surface area contributed by atoms with Crippen LogP contribution in [0.1, 0.15) is 12.8 Å². The molecule has 2 aromatic heterocycles. The minimum absolute atomic E-state index is 0.778. The van der Waals surface area contributed by atoms with Crippen LogP contribution >= 0.6 is 11.3 Å². The Labute approximate surface area is 110 Å². The standard InChI is InChI=1S/C14H16N2OS/c1(11-3-8-17-9-4-11)6-15-12-2-7-16-13-5-10-18-14(12)13/h2-3,5,7,10H,1,4,6,8-9H2,(H,15,16). The minimum atomic E-state index is 0.778. The van der Waals surface area contributed by atoms with Gasteiger partial charge in [0.1, 0.15) is 0 Å². The van der Waals surface area contributed by atoms with Gasteiger partial charge in [-0.05, 0) is 30.4 Å². The van der Waals surface area contributed by atoms with Crippen molar-refractivity contribution < 1.29 is 4.74 Å². The molecule has 0 saturated carbocycles. The van der Waals surface area contributed by atoms with Gasteiger partial charge in [0.2, 0.25) is 0 Å². The number of hydrogen-bond acceptors (Lipinski definition) is 4. The van der Waals surface area contributed by atoms with Crippen molar-refractivity contribution in [2.75, 3.05) is 25.1 Å². The molecule has 0 unspecified atom stereocenters. The monoisotopic (exact) mass is 260 g/mol. The van der Waals surface area contributed by atoms with Crippen LogP contribution in [0.5, 0.6) is 0 Å². The quantitative estimate of drug-likeness (QED) is 0.855. The van der Waals surface area contributed by atoms with E-state index in [-0.39, 0.29) is 0 Å². The summed E-state index contributed by atoms with van der Waals surface area (Å²) in [5.74, 6) is 0. The maximum atomic E-state index is 5.31. The van der Waals surface area contributed by atoms with Gasteiger partial charge in [0, 0.05) is 12.7 Å². The zero-order chi connectivity index (χ0) is 12.2. The molecule has 2 aromatic rings. The second-order valence-corrected chi connectivity index (χ2v) is 5.27. The van der Waals surface area contributed by atoms with Crippen LogP contribution in [0, 0.1) is 0 Å². The highest BCUT2D eigenvalue weighted by atomic mass is 32.1. The number of ether oxygens (including phenoxy) is 1. The third-order valence-electron chi connectivity index (χ3n) is 3.16. The average molecular weight is 260 g/mol. The maximum absolute atomic E-state index is 5.31.